The molecule has 1 heterocycles. The van der Waals surface area contributed by atoms with Crippen LogP contribution in [0.25, 0.3) is 11.8 Å². The fourth-order valence-corrected chi connectivity index (χ4v) is 1.52. The highest BCUT2D eigenvalue weighted by Gasteiger charge is 2.04. The standard InChI is InChI=1S/C11H8ClN3O2/c12-9-3-1-8(2-4-11(16)17)10(5-9)15-7-13-6-14-15/h1-7H,(H,16,17)/b4-2+. The second-order valence-electron chi connectivity index (χ2n) is 3.21. The van der Waals surface area contributed by atoms with Crippen LogP contribution in [0.1, 0.15) is 5.56 Å². The lowest BCUT2D eigenvalue weighted by molar-refractivity contribution is -0.131. The van der Waals surface area contributed by atoms with Crippen LogP contribution in [0, 0.1) is 0 Å². The van der Waals surface area contributed by atoms with E-state index in [2.05, 4.69) is 10.1 Å². The van der Waals surface area contributed by atoms with Crippen molar-refractivity contribution in [2.24, 2.45) is 0 Å². The molecule has 1 aromatic heterocycles. The van der Waals surface area contributed by atoms with Crippen LogP contribution in [-0.4, -0.2) is 25.8 Å². The number of rotatable bonds is 3. The first-order valence-electron chi connectivity index (χ1n) is 4.72. The summed E-state index contributed by atoms with van der Waals surface area (Å²) in [6.45, 7) is 0. The summed E-state index contributed by atoms with van der Waals surface area (Å²) >= 11 is 5.89. The Morgan fingerprint density at radius 1 is 1.47 bits per heavy atom. The molecule has 5 nitrogen and oxygen atoms in total. The molecule has 0 atom stereocenters. The van der Waals surface area contributed by atoms with Crippen molar-refractivity contribution >= 4 is 23.6 Å². The Morgan fingerprint density at radius 2 is 2.29 bits per heavy atom. The molecule has 0 bridgehead atoms. The van der Waals surface area contributed by atoms with Crippen LogP contribution in [0.3, 0.4) is 0 Å². The molecule has 6 heteroatoms. The van der Waals surface area contributed by atoms with Gasteiger partial charge in [-0.25, -0.2) is 14.5 Å². The van der Waals surface area contributed by atoms with Gasteiger partial charge in [0, 0.05) is 16.7 Å². The second kappa shape index (κ2) is 4.80. The van der Waals surface area contributed by atoms with Crippen LogP contribution in [0.2, 0.25) is 5.02 Å². The first kappa shape index (κ1) is 11.3. The number of hydrogen-bond acceptors (Lipinski definition) is 3. The van der Waals surface area contributed by atoms with Crippen LogP contribution < -0.4 is 0 Å². The van der Waals surface area contributed by atoms with E-state index in [4.69, 9.17) is 16.7 Å². The lowest BCUT2D eigenvalue weighted by Crippen LogP contribution is -1.97. The third kappa shape index (κ3) is 2.70. The topological polar surface area (TPSA) is 68.0 Å². The number of halogens is 1. The van der Waals surface area contributed by atoms with E-state index in [1.165, 1.54) is 23.4 Å². The number of benzene rings is 1. The molecule has 0 fully saturated rings. The van der Waals surface area contributed by atoms with Crippen LogP contribution in [0.5, 0.6) is 0 Å². The van der Waals surface area contributed by atoms with Crippen LogP contribution in [0.4, 0.5) is 0 Å². The quantitative estimate of drug-likeness (QED) is 0.845. The summed E-state index contributed by atoms with van der Waals surface area (Å²) < 4.78 is 1.52. The van der Waals surface area contributed by atoms with E-state index in [0.29, 0.717) is 16.3 Å². The fourth-order valence-electron chi connectivity index (χ4n) is 1.35. The molecule has 0 amide bonds. The predicted molar refractivity (Wildman–Crippen MR) is 63.0 cm³/mol. The molecule has 1 aromatic carbocycles. The molecule has 2 rings (SSSR count). The number of aliphatic carboxylic acids is 1. The number of aromatic nitrogens is 3. The summed E-state index contributed by atoms with van der Waals surface area (Å²) in [5.74, 6) is -1.01. The Hall–Kier alpha value is -2.14. The molecule has 0 aliphatic heterocycles. The number of hydrogen-bond donors (Lipinski definition) is 1. The average molecular weight is 250 g/mol. The second-order valence-corrected chi connectivity index (χ2v) is 3.65. The molecule has 0 aliphatic rings. The van der Waals surface area contributed by atoms with Crippen molar-refractivity contribution in [3.05, 3.63) is 47.5 Å². The van der Waals surface area contributed by atoms with Gasteiger partial charge in [-0.3, -0.25) is 0 Å². The van der Waals surface area contributed by atoms with E-state index in [1.807, 2.05) is 0 Å². The van der Waals surface area contributed by atoms with Crippen molar-refractivity contribution in [2.45, 2.75) is 0 Å². The van der Waals surface area contributed by atoms with E-state index in [1.54, 1.807) is 18.2 Å². The van der Waals surface area contributed by atoms with Gasteiger partial charge in [0.05, 0.1) is 5.69 Å². The summed E-state index contributed by atoms with van der Waals surface area (Å²) in [4.78, 5) is 14.3. The molecular formula is C11H8ClN3O2. The van der Waals surface area contributed by atoms with E-state index in [9.17, 15) is 4.79 Å². The molecule has 0 unspecified atom stereocenters. The van der Waals surface area contributed by atoms with E-state index < -0.39 is 5.97 Å². The highest BCUT2D eigenvalue weighted by Crippen LogP contribution is 2.20. The van der Waals surface area contributed by atoms with Crippen molar-refractivity contribution < 1.29 is 9.90 Å². The highest BCUT2D eigenvalue weighted by molar-refractivity contribution is 6.30. The van der Waals surface area contributed by atoms with E-state index >= 15 is 0 Å². The van der Waals surface area contributed by atoms with Crippen molar-refractivity contribution in [1.82, 2.24) is 14.8 Å². The minimum absolute atomic E-state index is 0.544. The van der Waals surface area contributed by atoms with Gasteiger partial charge in [0.25, 0.3) is 0 Å². The van der Waals surface area contributed by atoms with Gasteiger partial charge < -0.3 is 5.11 Å². The number of carboxylic acid groups (broad SMARTS) is 1. The Bertz CT molecular complexity index is 564. The van der Waals surface area contributed by atoms with Crippen molar-refractivity contribution in [3.63, 3.8) is 0 Å². The van der Waals surface area contributed by atoms with Gasteiger partial charge in [0.2, 0.25) is 0 Å². The molecular weight excluding hydrogens is 242 g/mol. The first-order chi connectivity index (χ1) is 8.16. The lowest BCUT2D eigenvalue weighted by atomic mass is 10.1. The van der Waals surface area contributed by atoms with Gasteiger partial charge in [-0.05, 0) is 18.2 Å². The van der Waals surface area contributed by atoms with Crippen LogP contribution in [-0.2, 0) is 4.79 Å². The predicted octanol–water partition coefficient (Wildman–Crippen LogP) is 2.02. The Balaban J connectivity index is 2.49. The number of carbonyl (C=O) groups is 1. The summed E-state index contributed by atoms with van der Waals surface area (Å²) in [7, 11) is 0. The first-order valence-corrected chi connectivity index (χ1v) is 5.10. The van der Waals surface area contributed by atoms with Gasteiger partial charge >= 0.3 is 5.97 Å². The van der Waals surface area contributed by atoms with Crippen molar-refractivity contribution in [1.29, 1.82) is 0 Å². The van der Waals surface area contributed by atoms with Crippen LogP contribution >= 0.6 is 11.6 Å². The molecule has 0 spiro atoms. The lowest BCUT2D eigenvalue weighted by Gasteiger charge is -2.05. The number of nitrogens with zero attached hydrogens (tertiary/aromatic N) is 3. The molecule has 1 N–H and O–H groups in total. The Kier molecular flexibility index (Phi) is 3.20. The summed E-state index contributed by atoms with van der Waals surface area (Å²) in [6.07, 6.45) is 5.45. The zero-order valence-electron chi connectivity index (χ0n) is 8.62. The molecule has 2 aromatic rings. The fraction of sp³-hybridized carbons (Fsp3) is 0. The van der Waals surface area contributed by atoms with Gasteiger partial charge in [-0.2, -0.15) is 5.10 Å². The van der Waals surface area contributed by atoms with Gasteiger partial charge in [-0.1, -0.05) is 17.7 Å². The van der Waals surface area contributed by atoms with E-state index in [0.717, 1.165) is 6.08 Å². The third-order valence-electron chi connectivity index (χ3n) is 2.06. The maximum atomic E-state index is 10.5. The molecule has 86 valence electrons. The Morgan fingerprint density at radius 3 is 2.94 bits per heavy atom. The highest BCUT2D eigenvalue weighted by atomic mass is 35.5. The summed E-state index contributed by atoms with van der Waals surface area (Å²) in [5.41, 5.74) is 1.37. The summed E-state index contributed by atoms with van der Waals surface area (Å²) in [5, 5.41) is 13.1. The maximum absolute atomic E-state index is 10.5. The normalized spacial score (nSPS) is 10.9. The SMILES string of the molecule is O=C(O)/C=C/c1ccc(Cl)cc1-n1cncn1. The molecule has 0 saturated heterocycles. The van der Waals surface area contributed by atoms with Crippen LogP contribution in [0.15, 0.2) is 36.9 Å². The van der Waals surface area contributed by atoms with Gasteiger partial charge in [0.15, 0.2) is 0 Å². The molecule has 0 aliphatic carbocycles. The van der Waals surface area contributed by atoms with Crippen molar-refractivity contribution in [3.8, 4) is 5.69 Å². The average Bonchev–Trinajstić information content (AvgIpc) is 2.80. The molecule has 0 saturated carbocycles. The van der Waals surface area contributed by atoms with Gasteiger partial charge in [-0.15, -0.1) is 0 Å². The Labute approximate surface area is 102 Å². The molecule has 0 radical (unpaired) electrons. The monoisotopic (exact) mass is 249 g/mol. The zero-order valence-corrected chi connectivity index (χ0v) is 9.37. The zero-order chi connectivity index (χ0) is 12.3. The largest absolute Gasteiger partial charge is 0.478 e. The maximum Gasteiger partial charge on any atom is 0.328 e. The van der Waals surface area contributed by atoms with E-state index in [-0.39, 0.29) is 0 Å². The third-order valence-corrected chi connectivity index (χ3v) is 2.30. The minimum Gasteiger partial charge on any atom is -0.478 e. The minimum atomic E-state index is -1.01. The summed E-state index contributed by atoms with van der Waals surface area (Å²) in [6, 6.07) is 5.10. The number of carboxylic acids is 1. The van der Waals surface area contributed by atoms with Crippen molar-refractivity contribution in [2.75, 3.05) is 0 Å². The molecule has 17 heavy (non-hydrogen) atoms. The smallest absolute Gasteiger partial charge is 0.328 e. The van der Waals surface area contributed by atoms with Gasteiger partial charge in [0.1, 0.15) is 12.7 Å².